The molecule has 0 radical (unpaired) electrons. The number of hydrogen-bond donors (Lipinski definition) is 1. The summed E-state index contributed by atoms with van der Waals surface area (Å²) in [6.45, 7) is 2.38. The number of imidazole rings is 1. The summed E-state index contributed by atoms with van der Waals surface area (Å²) < 4.78 is 15.9. The van der Waals surface area contributed by atoms with Crippen LogP contribution in [0.4, 0.5) is 4.39 Å². The second-order valence-corrected chi connectivity index (χ2v) is 5.65. The van der Waals surface area contributed by atoms with Gasteiger partial charge in [-0.15, -0.1) is 0 Å². The number of halogens is 2. The standard InChI is InChI=1S/C15H17ClFN3/c16-13-3-1-2-12(15(13)17)9-18-8-11-4-5-14-19-6-7-20(14)10-11/h1-3,6-7,11,18H,4-5,8-10H2/t11-/m0/s1. The van der Waals surface area contributed by atoms with E-state index >= 15 is 0 Å². The number of aromatic nitrogens is 2. The monoisotopic (exact) mass is 293 g/mol. The summed E-state index contributed by atoms with van der Waals surface area (Å²) in [5.41, 5.74) is 0.622. The van der Waals surface area contributed by atoms with E-state index in [9.17, 15) is 4.39 Å². The maximum atomic E-state index is 13.7. The van der Waals surface area contributed by atoms with Gasteiger partial charge in [-0.2, -0.15) is 0 Å². The molecular weight excluding hydrogens is 277 g/mol. The van der Waals surface area contributed by atoms with E-state index in [1.165, 1.54) is 5.82 Å². The molecule has 1 N–H and O–H groups in total. The lowest BCUT2D eigenvalue weighted by atomic mass is 9.99. The first-order chi connectivity index (χ1) is 9.74. The third-order valence-corrected chi connectivity index (χ3v) is 4.10. The van der Waals surface area contributed by atoms with Gasteiger partial charge >= 0.3 is 0 Å². The molecule has 0 bridgehead atoms. The molecule has 1 aliphatic heterocycles. The van der Waals surface area contributed by atoms with E-state index in [2.05, 4.69) is 14.9 Å². The average molecular weight is 294 g/mol. The summed E-state index contributed by atoms with van der Waals surface area (Å²) in [6.07, 6.45) is 6.03. The molecule has 0 fully saturated rings. The normalized spacial score (nSPS) is 18.0. The molecule has 0 spiro atoms. The van der Waals surface area contributed by atoms with Crippen molar-refractivity contribution in [3.8, 4) is 0 Å². The van der Waals surface area contributed by atoms with Crippen LogP contribution in [0.3, 0.4) is 0 Å². The zero-order valence-electron chi connectivity index (χ0n) is 11.1. The molecule has 1 atom stereocenters. The number of rotatable bonds is 4. The van der Waals surface area contributed by atoms with Crippen molar-refractivity contribution in [1.29, 1.82) is 0 Å². The minimum absolute atomic E-state index is 0.185. The van der Waals surface area contributed by atoms with Gasteiger partial charge in [0.15, 0.2) is 0 Å². The van der Waals surface area contributed by atoms with Crippen molar-refractivity contribution < 1.29 is 4.39 Å². The van der Waals surface area contributed by atoms with Crippen LogP contribution in [0.2, 0.25) is 5.02 Å². The van der Waals surface area contributed by atoms with Crippen LogP contribution in [0.1, 0.15) is 17.8 Å². The number of aryl methyl sites for hydroxylation is 1. The zero-order chi connectivity index (χ0) is 13.9. The largest absolute Gasteiger partial charge is 0.335 e. The van der Waals surface area contributed by atoms with Gasteiger partial charge in [0.05, 0.1) is 5.02 Å². The van der Waals surface area contributed by atoms with E-state index in [4.69, 9.17) is 11.6 Å². The molecular formula is C15H17ClFN3. The molecule has 0 saturated heterocycles. The lowest BCUT2D eigenvalue weighted by Crippen LogP contribution is -2.29. The van der Waals surface area contributed by atoms with Crippen LogP contribution in [-0.2, 0) is 19.5 Å². The highest BCUT2D eigenvalue weighted by atomic mass is 35.5. The molecule has 1 aliphatic rings. The molecule has 0 amide bonds. The molecule has 1 aromatic heterocycles. The lowest BCUT2D eigenvalue weighted by molar-refractivity contribution is 0.346. The Bertz CT molecular complexity index is 597. The molecule has 2 heterocycles. The van der Waals surface area contributed by atoms with Crippen molar-refractivity contribution in [2.45, 2.75) is 25.9 Å². The van der Waals surface area contributed by atoms with Crippen LogP contribution in [0.5, 0.6) is 0 Å². The van der Waals surface area contributed by atoms with Gasteiger partial charge in [0.25, 0.3) is 0 Å². The summed E-state index contributed by atoms with van der Waals surface area (Å²) in [7, 11) is 0. The van der Waals surface area contributed by atoms with Crippen LogP contribution in [0.15, 0.2) is 30.6 Å². The Hall–Kier alpha value is -1.39. The molecule has 0 unspecified atom stereocenters. The van der Waals surface area contributed by atoms with Gasteiger partial charge in [0.1, 0.15) is 11.6 Å². The highest BCUT2D eigenvalue weighted by Gasteiger charge is 2.18. The summed E-state index contributed by atoms with van der Waals surface area (Å²) in [5, 5.41) is 3.52. The summed E-state index contributed by atoms with van der Waals surface area (Å²) in [4.78, 5) is 4.32. The Labute approximate surface area is 122 Å². The van der Waals surface area contributed by atoms with E-state index < -0.39 is 0 Å². The van der Waals surface area contributed by atoms with Gasteiger partial charge in [-0.3, -0.25) is 0 Å². The molecule has 3 rings (SSSR count). The van der Waals surface area contributed by atoms with Crippen LogP contribution in [0.25, 0.3) is 0 Å². The maximum Gasteiger partial charge on any atom is 0.146 e. The van der Waals surface area contributed by atoms with Gasteiger partial charge in [-0.1, -0.05) is 23.7 Å². The van der Waals surface area contributed by atoms with Gasteiger partial charge in [0.2, 0.25) is 0 Å². The number of benzene rings is 1. The first-order valence-corrected chi connectivity index (χ1v) is 7.25. The molecule has 1 aromatic carbocycles. The highest BCUT2D eigenvalue weighted by Crippen LogP contribution is 2.19. The smallest absolute Gasteiger partial charge is 0.146 e. The van der Waals surface area contributed by atoms with E-state index in [1.54, 1.807) is 18.2 Å². The van der Waals surface area contributed by atoms with Gasteiger partial charge in [-0.05, 0) is 24.9 Å². The van der Waals surface area contributed by atoms with Gasteiger partial charge in [-0.25, -0.2) is 9.37 Å². The zero-order valence-corrected chi connectivity index (χ0v) is 11.9. The van der Waals surface area contributed by atoms with Gasteiger partial charge < -0.3 is 9.88 Å². The fourth-order valence-corrected chi connectivity index (χ4v) is 2.89. The fraction of sp³-hybridized carbons (Fsp3) is 0.400. The summed E-state index contributed by atoms with van der Waals surface area (Å²) in [6, 6.07) is 5.12. The number of nitrogens with one attached hydrogen (secondary N) is 1. The predicted molar refractivity (Wildman–Crippen MR) is 77.2 cm³/mol. The minimum atomic E-state index is -0.317. The predicted octanol–water partition coefficient (Wildman–Crippen LogP) is 3.03. The van der Waals surface area contributed by atoms with E-state index in [0.717, 1.165) is 25.9 Å². The average Bonchev–Trinajstić information content (AvgIpc) is 2.91. The first kappa shape index (κ1) is 13.6. The molecule has 20 heavy (non-hydrogen) atoms. The second kappa shape index (κ2) is 5.94. The third-order valence-electron chi connectivity index (χ3n) is 3.81. The maximum absolute atomic E-state index is 13.7. The molecule has 0 aliphatic carbocycles. The molecule has 3 nitrogen and oxygen atoms in total. The highest BCUT2D eigenvalue weighted by molar-refractivity contribution is 6.30. The van der Waals surface area contributed by atoms with Crippen molar-refractivity contribution in [1.82, 2.24) is 14.9 Å². The fourth-order valence-electron chi connectivity index (χ4n) is 2.70. The van der Waals surface area contributed by atoms with E-state index in [-0.39, 0.29) is 10.8 Å². The Balaban J connectivity index is 1.52. The molecule has 0 saturated carbocycles. The van der Waals surface area contributed by atoms with Crippen LogP contribution >= 0.6 is 11.6 Å². The first-order valence-electron chi connectivity index (χ1n) is 6.87. The van der Waals surface area contributed by atoms with Crippen molar-refractivity contribution >= 4 is 11.6 Å². The Morgan fingerprint density at radius 2 is 2.35 bits per heavy atom. The van der Waals surface area contributed by atoms with Crippen LogP contribution in [-0.4, -0.2) is 16.1 Å². The Morgan fingerprint density at radius 3 is 3.25 bits per heavy atom. The van der Waals surface area contributed by atoms with Crippen molar-refractivity contribution in [2.75, 3.05) is 6.54 Å². The van der Waals surface area contributed by atoms with E-state index in [0.29, 0.717) is 18.0 Å². The molecule has 2 aromatic rings. The lowest BCUT2D eigenvalue weighted by Gasteiger charge is -2.24. The van der Waals surface area contributed by atoms with Crippen molar-refractivity contribution in [3.63, 3.8) is 0 Å². The summed E-state index contributed by atoms with van der Waals surface area (Å²) >= 11 is 5.77. The number of fused-ring (bicyclic) bond motifs is 1. The quantitative estimate of drug-likeness (QED) is 0.939. The van der Waals surface area contributed by atoms with Crippen molar-refractivity contribution in [2.24, 2.45) is 5.92 Å². The SMILES string of the molecule is Fc1c(Cl)cccc1CNC[C@@H]1CCc2nccn2C1. The van der Waals surface area contributed by atoms with Crippen LogP contribution in [0, 0.1) is 11.7 Å². The topological polar surface area (TPSA) is 29.9 Å². The van der Waals surface area contributed by atoms with Crippen molar-refractivity contribution in [3.05, 3.63) is 52.8 Å². The van der Waals surface area contributed by atoms with E-state index in [1.807, 2.05) is 12.4 Å². The Kier molecular flexibility index (Phi) is 4.03. The van der Waals surface area contributed by atoms with Gasteiger partial charge in [0, 0.05) is 37.5 Å². The molecule has 106 valence electrons. The third kappa shape index (κ3) is 2.86. The second-order valence-electron chi connectivity index (χ2n) is 5.24. The minimum Gasteiger partial charge on any atom is -0.335 e. The number of hydrogen-bond acceptors (Lipinski definition) is 2. The summed E-state index contributed by atoms with van der Waals surface area (Å²) in [5.74, 6) is 1.42. The Morgan fingerprint density at radius 1 is 1.45 bits per heavy atom. The number of nitrogens with zero attached hydrogens (tertiary/aromatic N) is 2. The van der Waals surface area contributed by atoms with Crippen LogP contribution < -0.4 is 5.32 Å². The molecule has 5 heteroatoms.